The van der Waals surface area contributed by atoms with E-state index < -0.39 is 10.2 Å². The van der Waals surface area contributed by atoms with Crippen molar-refractivity contribution >= 4 is 10.2 Å². The van der Waals surface area contributed by atoms with E-state index in [2.05, 4.69) is 36.8 Å². The SMILES string of the molecule is Cc1ccc(CCCNS(=O)(=O)N(C)C(C)C)c(C)c1. The van der Waals surface area contributed by atoms with Gasteiger partial charge in [-0.25, -0.2) is 4.72 Å². The van der Waals surface area contributed by atoms with Gasteiger partial charge in [0.1, 0.15) is 0 Å². The summed E-state index contributed by atoms with van der Waals surface area (Å²) in [5.74, 6) is 0. The van der Waals surface area contributed by atoms with Crippen LogP contribution in [-0.2, 0) is 16.6 Å². The normalized spacial score (nSPS) is 12.3. The van der Waals surface area contributed by atoms with E-state index in [0.717, 1.165) is 12.8 Å². The molecule has 0 fully saturated rings. The third kappa shape index (κ3) is 4.89. The fourth-order valence-electron chi connectivity index (χ4n) is 1.99. The van der Waals surface area contributed by atoms with Crippen molar-refractivity contribution in [1.29, 1.82) is 0 Å². The molecule has 0 amide bonds. The molecular formula is C15H26N2O2S. The van der Waals surface area contributed by atoms with Crippen molar-refractivity contribution in [3.8, 4) is 0 Å². The van der Waals surface area contributed by atoms with E-state index in [-0.39, 0.29) is 6.04 Å². The van der Waals surface area contributed by atoms with Crippen molar-refractivity contribution in [2.75, 3.05) is 13.6 Å². The molecule has 0 unspecified atom stereocenters. The molecule has 0 radical (unpaired) electrons. The molecule has 0 saturated heterocycles. The Labute approximate surface area is 123 Å². The summed E-state index contributed by atoms with van der Waals surface area (Å²) >= 11 is 0. The smallest absolute Gasteiger partial charge is 0.202 e. The standard InChI is InChI=1S/C15H26N2O2S/c1-12(2)17(5)20(18,19)16-10-6-7-15-9-8-13(3)11-14(15)4/h8-9,11-12,16H,6-7,10H2,1-5H3. The molecule has 5 heteroatoms. The van der Waals surface area contributed by atoms with Crippen LogP contribution >= 0.6 is 0 Å². The zero-order chi connectivity index (χ0) is 15.3. The first-order valence-electron chi connectivity index (χ1n) is 7.03. The van der Waals surface area contributed by atoms with Crippen LogP contribution in [0.3, 0.4) is 0 Å². The number of aryl methyl sites for hydroxylation is 3. The Hall–Kier alpha value is -0.910. The minimum atomic E-state index is -3.35. The molecule has 4 nitrogen and oxygen atoms in total. The summed E-state index contributed by atoms with van der Waals surface area (Å²) in [7, 11) is -1.75. The Morgan fingerprint density at radius 3 is 2.45 bits per heavy atom. The van der Waals surface area contributed by atoms with E-state index in [1.54, 1.807) is 7.05 Å². The lowest BCUT2D eigenvalue weighted by molar-refractivity contribution is 0.402. The summed E-state index contributed by atoms with van der Waals surface area (Å²) < 4.78 is 27.8. The van der Waals surface area contributed by atoms with Gasteiger partial charge in [-0.15, -0.1) is 0 Å². The maximum Gasteiger partial charge on any atom is 0.279 e. The lowest BCUT2D eigenvalue weighted by atomic mass is 10.0. The molecule has 0 aliphatic carbocycles. The predicted octanol–water partition coefficient (Wildman–Crippen LogP) is 2.41. The minimum Gasteiger partial charge on any atom is -0.202 e. The fourth-order valence-corrected chi connectivity index (χ4v) is 3.15. The largest absolute Gasteiger partial charge is 0.279 e. The van der Waals surface area contributed by atoms with Crippen molar-refractivity contribution in [2.24, 2.45) is 0 Å². The van der Waals surface area contributed by atoms with Crippen LogP contribution in [0.15, 0.2) is 18.2 Å². The molecule has 0 aliphatic rings. The summed E-state index contributed by atoms with van der Waals surface area (Å²) in [6.07, 6.45) is 1.69. The summed E-state index contributed by atoms with van der Waals surface area (Å²) in [5.41, 5.74) is 3.81. The second kappa shape index (κ2) is 7.20. The molecule has 0 heterocycles. The molecule has 0 bridgehead atoms. The number of hydrogen-bond donors (Lipinski definition) is 1. The van der Waals surface area contributed by atoms with E-state index in [1.165, 1.54) is 21.0 Å². The Balaban J connectivity index is 2.46. The van der Waals surface area contributed by atoms with Crippen LogP contribution < -0.4 is 4.72 Å². The van der Waals surface area contributed by atoms with Crippen LogP contribution in [-0.4, -0.2) is 32.4 Å². The van der Waals surface area contributed by atoms with E-state index in [9.17, 15) is 8.42 Å². The molecule has 1 aromatic rings. The second-order valence-electron chi connectivity index (χ2n) is 5.54. The molecule has 0 saturated carbocycles. The van der Waals surface area contributed by atoms with Crippen molar-refractivity contribution in [3.63, 3.8) is 0 Å². The number of benzene rings is 1. The molecule has 0 spiro atoms. The molecular weight excluding hydrogens is 272 g/mol. The van der Waals surface area contributed by atoms with Crippen LogP contribution in [0.1, 0.15) is 37.0 Å². The van der Waals surface area contributed by atoms with Crippen LogP contribution in [0.25, 0.3) is 0 Å². The van der Waals surface area contributed by atoms with Gasteiger partial charge in [-0.1, -0.05) is 23.8 Å². The van der Waals surface area contributed by atoms with Crippen LogP contribution in [0.2, 0.25) is 0 Å². The van der Waals surface area contributed by atoms with Gasteiger partial charge in [-0.2, -0.15) is 12.7 Å². The molecule has 114 valence electrons. The highest BCUT2D eigenvalue weighted by atomic mass is 32.2. The summed E-state index contributed by atoms with van der Waals surface area (Å²) in [4.78, 5) is 0. The number of hydrogen-bond acceptors (Lipinski definition) is 2. The second-order valence-corrected chi connectivity index (χ2v) is 7.36. The maximum atomic E-state index is 11.9. The van der Waals surface area contributed by atoms with E-state index in [0.29, 0.717) is 6.54 Å². The Kier molecular flexibility index (Phi) is 6.17. The van der Waals surface area contributed by atoms with Crippen LogP contribution in [0, 0.1) is 13.8 Å². The predicted molar refractivity (Wildman–Crippen MR) is 84.1 cm³/mol. The Bertz CT molecular complexity index is 539. The third-order valence-electron chi connectivity index (χ3n) is 3.51. The van der Waals surface area contributed by atoms with E-state index in [1.807, 2.05) is 13.8 Å². The Morgan fingerprint density at radius 2 is 1.90 bits per heavy atom. The fraction of sp³-hybridized carbons (Fsp3) is 0.600. The van der Waals surface area contributed by atoms with Crippen molar-refractivity contribution in [3.05, 3.63) is 34.9 Å². The first-order valence-corrected chi connectivity index (χ1v) is 8.47. The van der Waals surface area contributed by atoms with Gasteiger partial charge >= 0.3 is 0 Å². The monoisotopic (exact) mass is 298 g/mol. The molecule has 0 aliphatic heterocycles. The zero-order valence-electron chi connectivity index (χ0n) is 13.1. The molecule has 0 atom stereocenters. The number of nitrogens with one attached hydrogen (secondary N) is 1. The molecule has 1 N–H and O–H groups in total. The van der Waals surface area contributed by atoms with Gasteiger partial charge in [0.2, 0.25) is 0 Å². The van der Waals surface area contributed by atoms with Gasteiger partial charge in [0.15, 0.2) is 0 Å². The van der Waals surface area contributed by atoms with Gasteiger partial charge in [0.25, 0.3) is 10.2 Å². The topological polar surface area (TPSA) is 49.4 Å². The van der Waals surface area contributed by atoms with Gasteiger partial charge in [0, 0.05) is 19.6 Å². The molecule has 0 aromatic heterocycles. The van der Waals surface area contributed by atoms with Gasteiger partial charge in [-0.3, -0.25) is 0 Å². The Morgan fingerprint density at radius 1 is 1.25 bits per heavy atom. The van der Waals surface area contributed by atoms with Crippen molar-refractivity contribution in [1.82, 2.24) is 9.03 Å². The van der Waals surface area contributed by atoms with E-state index >= 15 is 0 Å². The third-order valence-corrected chi connectivity index (χ3v) is 5.26. The van der Waals surface area contributed by atoms with Gasteiger partial charge in [0.05, 0.1) is 0 Å². The highest BCUT2D eigenvalue weighted by molar-refractivity contribution is 7.87. The minimum absolute atomic E-state index is 0.0353. The number of nitrogens with zero attached hydrogens (tertiary/aromatic N) is 1. The molecule has 1 rings (SSSR count). The van der Waals surface area contributed by atoms with E-state index in [4.69, 9.17) is 0 Å². The van der Waals surface area contributed by atoms with Crippen molar-refractivity contribution < 1.29 is 8.42 Å². The summed E-state index contributed by atoms with van der Waals surface area (Å²) in [5, 5.41) is 0. The molecule has 1 aromatic carbocycles. The average molecular weight is 298 g/mol. The average Bonchev–Trinajstić information content (AvgIpc) is 2.35. The lowest BCUT2D eigenvalue weighted by Crippen LogP contribution is -2.42. The van der Waals surface area contributed by atoms with Crippen LogP contribution in [0.5, 0.6) is 0 Å². The highest BCUT2D eigenvalue weighted by Crippen LogP contribution is 2.12. The van der Waals surface area contributed by atoms with Crippen molar-refractivity contribution in [2.45, 2.75) is 46.6 Å². The van der Waals surface area contributed by atoms with Gasteiger partial charge in [-0.05, 0) is 51.7 Å². The summed E-state index contributed by atoms with van der Waals surface area (Å²) in [6, 6.07) is 6.34. The quantitative estimate of drug-likeness (QED) is 0.786. The number of rotatable bonds is 7. The highest BCUT2D eigenvalue weighted by Gasteiger charge is 2.19. The van der Waals surface area contributed by atoms with Gasteiger partial charge < -0.3 is 0 Å². The first kappa shape index (κ1) is 17.1. The first-order chi connectivity index (χ1) is 9.24. The molecule has 20 heavy (non-hydrogen) atoms. The maximum absolute atomic E-state index is 11.9. The van der Waals surface area contributed by atoms with Crippen LogP contribution in [0.4, 0.5) is 0 Å². The summed E-state index contributed by atoms with van der Waals surface area (Å²) in [6.45, 7) is 8.35. The zero-order valence-corrected chi connectivity index (χ0v) is 13.9. The lowest BCUT2D eigenvalue weighted by Gasteiger charge is -2.21.